The van der Waals surface area contributed by atoms with Crippen molar-refractivity contribution in [2.45, 2.75) is 18.3 Å². The Bertz CT molecular complexity index is 196. The average Bonchev–Trinajstić information content (AvgIpc) is 1.85. The smallest absolute Gasteiger partial charge is 0.366 e. The molecule has 0 amide bonds. The number of hydrogen-bond acceptors (Lipinski definition) is 5. The molecule has 70 valence electrons. The molecule has 7 nitrogen and oxygen atoms in total. The summed E-state index contributed by atoms with van der Waals surface area (Å²) in [6, 6.07) is 0. The minimum Gasteiger partial charge on any atom is -0.481 e. The molecule has 0 fully saturated rings. The van der Waals surface area contributed by atoms with Gasteiger partial charge in [-0.1, -0.05) is 0 Å². The standard InChI is InChI=1S/C5H8O7/c6-2(1-3(7)8)5(11,12)4(9)10/h2,6,11-12H,1H2,(H,7,8)(H,9,10). The molecule has 0 radical (unpaired) electrons. The zero-order valence-electron chi connectivity index (χ0n) is 5.84. The summed E-state index contributed by atoms with van der Waals surface area (Å²) in [7, 11) is 0. The number of rotatable bonds is 4. The Hall–Kier alpha value is -1.18. The van der Waals surface area contributed by atoms with Crippen molar-refractivity contribution in [2.75, 3.05) is 0 Å². The van der Waals surface area contributed by atoms with E-state index in [0.717, 1.165) is 0 Å². The quantitative estimate of drug-likeness (QED) is 0.304. The van der Waals surface area contributed by atoms with E-state index < -0.39 is 30.3 Å². The highest BCUT2D eigenvalue weighted by Gasteiger charge is 2.42. The first kappa shape index (κ1) is 10.8. The molecule has 0 aromatic carbocycles. The Morgan fingerprint density at radius 1 is 1.25 bits per heavy atom. The van der Waals surface area contributed by atoms with E-state index in [0.29, 0.717) is 0 Å². The predicted octanol–water partition coefficient (Wildman–Crippen LogP) is -2.41. The molecule has 0 aromatic heterocycles. The Labute approximate surface area is 66.5 Å². The zero-order chi connectivity index (χ0) is 9.94. The summed E-state index contributed by atoms with van der Waals surface area (Å²) in [6.07, 6.45) is -3.31. The lowest BCUT2D eigenvalue weighted by Crippen LogP contribution is -2.50. The Morgan fingerprint density at radius 2 is 1.67 bits per heavy atom. The zero-order valence-corrected chi connectivity index (χ0v) is 5.84. The van der Waals surface area contributed by atoms with Gasteiger partial charge in [0.05, 0.1) is 6.42 Å². The highest BCUT2D eigenvalue weighted by molar-refractivity contribution is 5.77. The van der Waals surface area contributed by atoms with Crippen LogP contribution < -0.4 is 0 Å². The highest BCUT2D eigenvalue weighted by Crippen LogP contribution is 2.10. The van der Waals surface area contributed by atoms with E-state index in [1.165, 1.54) is 0 Å². The van der Waals surface area contributed by atoms with Crippen molar-refractivity contribution in [3.8, 4) is 0 Å². The second-order valence-corrected chi connectivity index (χ2v) is 2.14. The maximum absolute atomic E-state index is 9.99. The van der Waals surface area contributed by atoms with Crippen LogP contribution in [0.5, 0.6) is 0 Å². The average molecular weight is 180 g/mol. The molecule has 0 aliphatic rings. The van der Waals surface area contributed by atoms with E-state index >= 15 is 0 Å². The van der Waals surface area contributed by atoms with Crippen LogP contribution in [0.3, 0.4) is 0 Å². The highest BCUT2D eigenvalue weighted by atomic mass is 16.6. The maximum Gasteiger partial charge on any atom is 0.366 e. The molecular formula is C5H8O7. The van der Waals surface area contributed by atoms with Crippen LogP contribution in [0.1, 0.15) is 6.42 Å². The molecule has 0 spiro atoms. The van der Waals surface area contributed by atoms with Gasteiger partial charge >= 0.3 is 11.9 Å². The lowest BCUT2D eigenvalue weighted by atomic mass is 10.1. The minimum absolute atomic E-state index is 1.06. The van der Waals surface area contributed by atoms with Crippen LogP contribution in [0.4, 0.5) is 0 Å². The molecular weight excluding hydrogens is 172 g/mol. The number of carbonyl (C=O) groups is 2. The molecule has 0 saturated carbocycles. The van der Waals surface area contributed by atoms with Gasteiger partial charge in [0.25, 0.3) is 5.79 Å². The minimum atomic E-state index is -3.42. The molecule has 0 heterocycles. The molecule has 0 rings (SSSR count). The van der Waals surface area contributed by atoms with Gasteiger partial charge in [-0.05, 0) is 0 Å². The van der Waals surface area contributed by atoms with Crippen LogP contribution in [0.2, 0.25) is 0 Å². The molecule has 5 N–H and O–H groups in total. The van der Waals surface area contributed by atoms with E-state index in [1.807, 2.05) is 0 Å². The predicted molar refractivity (Wildman–Crippen MR) is 33.1 cm³/mol. The Kier molecular flexibility index (Phi) is 3.14. The number of carboxylic acid groups (broad SMARTS) is 2. The number of carboxylic acids is 2. The van der Waals surface area contributed by atoms with E-state index in [1.54, 1.807) is 0 Å². The van der Waals surface area contributed by atoms with E-state index in [9.17, 15) is 9.59 Å². The lowest BCUT2D eigenvalue weighted by molar-refractivity contribution is -0.237. The second-order valence-electron chi connectivity index (χ2n) is 2.14. The van der Waals surface area contributed by atoms with E-state index in [2.05, 4.69) is 0 Å². The molecule has 7 heteroatoms. The number of aliphatic carboxylic acids is 2. The molecule has 0 saturated heterocycles. The van der Waals surface area contributed by atoms with Crippen LogP contribution in [0.25, 0.3) is 0 Å². The van der Waals surface area contributed by atoms with Gasteiger partial charge in [-0.25, -0.2) is 4.79 Å². The SMILES string of the molecule is O=C(O)CC(O)C(O)(O)C(=O)O. The van der Waals surface area contributed by atoms with E-state index in [-0.39, 0.29) is 0 Å². The maximum atomic E-state index is 9.99. The largest absolute Gasteiger partial charge is 0.481 e. The first-order valence-electron chi connectivity index (χ1n) is 2.86. The number of hydrogen-bond donors (Lipinski definition) is 5. The molecule has 12 heavy (non-hydrogen) atoms. The molecule has 1 atom stereocenters. The van der Waals surface area contributed by atoms with Crippen molar-refractivity contribution in [3.05, 3.63) is 0 Å². The third kappa shape index (κ3) is 2.46. The first-order chi connectivity index (χ1) is 5.28. The fourth-order valence-electron chi connectivity index (χ4n) is 0.450. The van der Waals surface area contributed by atoms with Crippen LogP contribution in [-0.4, -0.2) is 49.4 Å². The number of aliphatic hydroxyl groups excluding tert-OH is 1. The van der Waals surface area contributed by atoms with Crippen LogP contribution in [0.15, 0.2) is 0 Å². The van der Waals surface area contributed by atoms with Crippen molar-refractivity contribution < 1.29 is 35.1 Å². The number of aliphatic hydroxyl groups is 3. The van der Waals surface area contributed by atoms with Gasteiger partial charge in [0.2, 0.25) is 0 Å². The summed E-state index contributed by atoms with van der Waals surface area (Å²) in [4.78, 5) is 19.9. The van der Waals surface area contributed by atoms with Crippen molar-refractivity contribution >= 4 is 11.9 Å². The summed E-state index contributed by atoms with van der Waals surface area (Å²) in [5.74, 6) is -7.05. The van der Waals surface area contributed by atoms with Gasteiger partial charge in [0, 0.05) is 0 Å². The van der Waals surface area contributed by atoms with Crippen molar-refractivity contribution in [2.24, 2.45) is 0 Å². The summed E-state index contributed by atoms with van der Waals surface area (Å²) in [5, 5.41) is 41.9. The molecule has 0 bridgehead atoms. The summed E-state index contributed by atoms with van der Waals surface area (Å²) < 4.78 is 0. The molecule has 0 aliphatic carbocycles. The van der Waals surface area contributed by atoms with E-state index in [4.69, 9.17) is 25.5 Å². The van der Waals surface area contributed by atoms with Gasteiger partial charge in [-0.3, -0.25) is 4.79 Å². The fraction of sp³-hybridized carbons (Fsp3) is 0.600. The summed E-state index contributed by atoms with van der Waals surface area (Å²) >= 11 is 0. The van der Waals surface area contributed by atoms with Crippen LogP contribution in [0, 0.1) is 0 Å². The van der Waals surface area contributed by atoms with Crippen molar-refractivity contribution in [1.29, 1.82) is 0 Å². The third-order valence-corrected chi connectivity index (χ3v) is 1.15. The molecule has 0 aromatic rings. The van der Waals surface area contributed by atoms with Gasteiger partial charge < -0.3 is 25.5 Å². The monoisotopic (exact) mass is 180 g/mol. The lowest BCUT2D eigenvalue weighted by Gasteiger charge is -2.20. The second kappa shape index (κ2) is 3.48. The Morgan fingerprint density at radius 3 is 1.92 bits per heavy atom. The van der Waals surface area contributed by atoms with Gasteiger partial charge in [0.1, 0.15) is 6.10 Å². The normalized spacial score (nSPS) is 13.9. The first-order valence-corrected chi connectivity index (χ1v) is 2.86. The summed E-state index contributed by atoms with van der Waals surface area (Å²) in [5.41, 5.74) is 0. The fourth-order valence-corrected chi connectivity index (χ4v) is 0.450. The molecule has 1 unspecified atom stereocenters. The van der Waals surface area contributed by atoms with Gasteiger partial charge in [-0.15, -0.1) is 0 Å². The molecule has 0 aliphatic heterocycles. The third-order valence-electron chi connectivity index (χ3n) is 1.15. The summed E-state index contributed by atoms with van der Waals surface area (Å²) in [6.45, 7) is 0. The van der Waals surface area contributed by atoms with Gasteiger partial charge in [0.15, 0.2) is 0 Å². The van der Waals surface area contributed by atoms with Crippen molar-refractivity contribution in [3.63, 3.8) is 0 Å². The van der Waals surface area contributed by atoms with Gasteiger partial charge in [-0.2, -0.15) is 0 Å². The van der Waals surface area contributed by atoms with Crippen LogP contribution in [-0.2, 0) is 9.59 Å². The van der Waals surface area contributed by atoms with Crippen LogP contribution >= 0.6 is 0 Å². The Balaban J connectivity index is 4.35. The van der Waals surface area contributed by atoms with Crippen molar-refractivity contribution in [1.82, 2.24) is 0 Å². The topological polar surface area (TPSA) is 135 Å².